The Morgan fingerprint density at radius 3 is 2.80 bits per heavy atom. The molecule has 3 rings (SSSR count). The quantitative estimate of drug-likeness (QED) is 0.859. The number of aliphatic imine (C=N–C) groups is 1. The summed E-state index contributed by atoms with van der Waals surface area (Å²) in [6.07, 6.45) is 0.308. The maximum absolute atomic E-state index is 12.1. The van der Waals surface area contributed by atoms with Gasteiger partial charge in [-0.15, -0.1) is 0 Å². The van der Waals surface area contributed by atoms with Crippen LogP contribution in [0.15, 0.2) is 59.6 Å². The van der Waals surface area contributed by atoms with E-state index >= 15 is 0 Å². The smallest absolute Gasteiger partial charge is 0.234 e. The third kappa shape index (κ3) is 5.08. The summed E-state index contributed by atoms with van der Waals surface area (Å²) in [5, 5.41) is 6.50. The number of nitrogens with zero attached hydrogens (tertiary/aromatic N) is 1. The largest absolute Gasteiger partial charge is 0.325 e. The molecule has 0 radical (unpaired) electrons. The van der Waals surface area contributed by atoms with Crippen LogP contribution in [0.4, 0.5) is 5.69 Å². The van der Waals surface area contributed by atoms with Crippen LogP contribution in [-0.2, 0) is 9.59 Å². The summed E-state index contributed by atoms with van der Waals surface area (Å²) in [4.78, 5) is 28.5. The Labute approximate surface area is 154 Å². The van der Waals surface area contributed by atoms with Gasteiger partial charge in [-0.05, 0) is 23.8 Å². The SMILES string of the molecule is O=C1CC(c2ccccc2)N=C(SCC(=O)Nc2cccc(Cl)c2)N1. The number of carbonyl (C=O) groups excluding carboxylic acids is 2. The molecule has 0 aromatic heterocycles. The van der Waals surface area contributed by atoms with Crippen LogP contribution in [0.5, 0.6) is 0 Å². The van der Waals surface area contributed by atoms with Crippen molar-refractivity contribution in [3.8, 4) is 0 Å². The molecule has 0 saturated carbocycles. The van der Waals surface area contributed by atoms with Gasteiger partial charge in [-0.25, -0.2) is 0 Å². The van der Waals surface area contributed by atoms with Crippen molar-refractivity contribution in [2.45, 2.75) is 12.5 Å². The molecular weight excluding hydrogens is 358 g/mol. The van der Waals surface area contributed by atoms with E-state index in [4.69, 9.17) is 11.6 Å². The highest BCUT2D eigenvalue weighted by molar-refractivity contribution is 8.14. The Morgan fingerprint density at radius 1 is 1.24 bits per heavy atom. The van der Waals surface area contributed by atoms with Gasteiger partial charge in [0.15, 0.2) is 5.17 Å². The van der Waals surface area contributed by atoms with Crippen molar-refractivity contribution in [3.05, 3.63) is 65.2 Å². The molecule has 7 heteroatoms. The minimum Gasteiger partial charge on any atom is -0.325 e. The molecule has 5 nitrogen and oxygen atoms in total. The molecule has 1 unspecified atom stereocenters. The number of halogens is 1. The first-order chi connectivity index (χ1) is 12.1. The fourth-order valence-corrected chi connectivity index (χ4v) is 3.32. The van der Waals surface area contributed by atoms with E-state index in [9.17, 15) is 9.59 Å². The molecule has 2 aromatic rings. The molecule has 25 heavy (non-hydrogen) atoms. The van der Waals surface area contributed by atoms with Crippen molar-refractivity contribution >= 4 is 46.0 Å². The number of nitrogens with one attached hydrogen (secondary N) is 2. The standard InChI is InChI=1S/C18H16ClN3O2S/c19-13-7-4-8-14(9-13)20-17(24)11-25-18-21-15(10-16(23)22-18)12-5-2-1-3-6-12/h1-9,15H,10-11H2,(H,20,24)(H,21,22,23). The number of thioether (sulfide) groups is 1. The third-order valence-corrected chi connectivity index (χ3v) is 4.65. The van der Waals surface area contributed by atoms with Gasteiger partial charge < -0.3 is 10.6 Å². The van der Waals surface area contributed by atoms with E-state index in [1.807, 2.05) is 30.3 Å². The van der Waals surface area contributed by atoms with E-state index in [0.29, 0.717) is 22.3 Å². The van der Waals surface area contributed by atoms with Crippen LogP contribution in [0.1, 0.15) is 18.0 Å². The zero-order valence-electron chi connectivity index (χ0n) is 13.2. The highest BCUT2D eigenvalue weighted by atomic mass is 35.5. The first-order valence-corrected chi connectivity index (χ1v) is 9.07. The molecule has 0 aliphatic carbocycles. The number of amidine groups is 1. The summed E-state index contributed by atoms with van der Waals surface area (Å²) in [6.45, 7) is 0. The number of benzene rings is 2. The number of anilines is 1. The van der Waals surface area contributed by atoms with Gasteiger partial charge in [0.05, 0.1) is 18.2 Å². The lowest BCUT2D eigenvalue weighted by Gasteiger charge is -2.20. The van der Waals surface area contributed by atoms with Crippen LogP contribution in [0.2, 0.25) is 5.02 Å². The Balaban J connectivity index is 1.60. The lowest BCUT2D eigenvalue weighted by molar-refractivity contribution is -0.120. The van der Waals surface area contributed by atoms with E-state index in [0.717, 1.165) is 5.56 Å². The number of hydrogen-bond donors (Lipinski definition) is 2. The van der Waals surface area contributed by atoms with Crippen LogP contribution in [0, 0.1) is 0 Å². The van der Waals surface area contributed by atoms with Gasteiger partial charge in [-0.3, -0.25) is 14.6 Å². The molecule has 2 aromatic carbocycles. The predicted molar refractivity (Wildman–Crippen MR) is 102 cm³/mol. The second-order valence-electron chi connectivity index (χ2n) is 5.46. The Hall–Kier alpha value is -2.31. The summed E-state index contributed by atoms with van der Waals surface area (Å²) in [7, 11) is 0. The summed E-state index contributed by atoms with van der Waals surface area (Å²) in [5.41, 5.74) is 1.62. The van der Waals surface area contributed by atoms with Gasteiger partial charge in [0.25, 0.3) is 0 Å². The second-order valence-corrected chi connectivity index (χ2v) is 6.86. The van der Waals surface area contributed by atoms with Crippen LogP contribution in [0.3, 0.4) is 0 Å². The van der Waals surface area contributed by atoms with Gasteiger partial charge in [0.1, 0.15) is 0 Å². The minimum atomic E-state index is -0.214. The van der Waals surface area contributed by atoms with Crippen LogP contribution >= 0.6 is 23.4 Å². The van der Waals surface area contributed by atoms with Crippen molar-refractivity contribution in [1.82, 2.24) is 5.32 Å². The number of carbonyl (C=O) groups is 2. The molecule has 1 atom stereocenters. The fraction of sp³-hybridized carbons (Fsp3) is 0.167. The van der Waals surface area contributed by atoms with E-state index in [1.54, 1.807) is 24.3 Å². The normalized spacial score (nSPS) is 16.8. The molecule has 0 spiro atoms. The molecule has 2 N–H and O–H groups in total. The van der Waals surface area contributed by atoms with E-state index in [2.05, 4.69) is 15.6 Å². The van der Waals surface area contributed by atoms with Crippen LogP contribution in [0.25, 0.3) is 0 Å². The average Bonchev–Trinajstić information content (AvgIpc) is 2.60. The van der Waals surface area contributed by atoms with Gasteiger partial charge in [0, 0.05) is 10.7 Å². The highest BCUT2D eigenvalue weighted by Crippen LogP contribution is 2.25. The highest BCUT2D eigenvalue weighted by Gasteiger charge is 2.23. The molecule has 2 amide bonds. The summed E-state index contributed by atoms with van der Waals surface area (Å²) < 4.78 is 0. The van der Waals surface area contributed by atoms with Crippen LogP contribution < -0.4 is 10.6 Å². The van der Waals surface area contributed by atoms with Gasteiger partial charge in [0.2, 0.25) is 11.8 Å². The molecular formula is C18H16ClN3O2S. The van der Waals surface area contributed by atoms with E-state index in [1.165, 1.54) is 11.8 Å². The van der Waals surface area contributed by atoms with Gasteiger partial charge >= 0.3 is 0 Å². The van der Waals surface area contributed by atoms with Crippen molar-refractivity contribution < 1.29 is 9.59 Å². The number of rotatable bonds is 4. The Kier molecular flexibility index (Phi) is 5.73. The topological polar surface area (TPSA) is 70.6 Å². The fourth-order valence-electron chi connectivity index (χ4n) is 2.40. The molecule has 0 bridgehead atoms. The van der Waals surface area contributed by atoms with Crippen molar-refractivity contribution in [3.63, 3.8) is 0 Å². The maximum atomic E-state index is 12.1. The molecule has 128 valence electrons. The molecule has 0 fully saturated rings. The lowest BCUT2D eigenvalue weighted by atomic mass is 10.0. The van der Waals surface area contributed by atoms with E-state index < -0.39 is 0 Å². The summed E-state index contributed by atoms with van der Waals surface area (Å²) in [6, 6.07) is 16.4. The lowest BCUT2D eigenvalue weighted by Crippen LogP contribution is -2.35. The molecule has 0 saturated heterocycles. The predicted octanol–water partition coefficient (Wildman–Crippen LogP) is 3.63. The molecule has 1 heterocycles. The number of amides is 2. The minimum absolute atomic E-state index is 0.0957. The Bertz CT molecular complexity index is 811. The zero-order valence-corrected chi connectivity index (χ0v) is 14.8. The van der Waals surface area contributed by atoms with Crippen LogP contribution in [-0.4, -0.2) is 22.7 Å². The molecule has 1 aliphatic rings. The summed E-state index contributed by atoms with van der Waals surface area (Å²) in [5.74, 6) is -0.139. The van der Waals surface area contributed by atoms with Crippen molar-refractivity contribution in [2.75, 3.05) is 11.1 Å². The van der Waals surface area contributed by atoms with Gasteiger partial charge in [-0.2, -0.15) is 0 Å². The zero-order chi connectivity index (χ0) is 17.6. The first-order valence-electron chi connectivity index (χ1n) is 7.71. The summed E-state index contributed by atoms with van der Waals surface area (Å²) >= 11 is 7.10. The van der Waals surface area contributed by atoms with Gasteiger partial charge in [-0.1, -0.05) is 59.8 Å². The van der Waals surface area contributed by atoms with Crippen molar-refractivity contribution in [2.24, 2.45) is 4.99 Å². The average molecular weight is 374 g/mol. The Morgan fingerprint density at radius 2 is 2.04 bits per heavy atom. The third-order valence-electron chi connectivity index (χ3n) is 3.53. The van der Waals surface area contributed by atoms with Crippen molar-refractivity contribution in [1.29, 1.82) is 0 Å². The number of hydrogen-bond acceptors (Lipinski definition) is 4. The van der Waals surface area contributed by atoms with E-state index in [-0.39, 0.29) is 23.6 Å². The second kappa shape index (κ2) is 8.18. The maximum Gasteiger partial charge on any atom is 0.234 e. The first kappa shape index (κ1) is 17.5. The molecule has 1 aliphatic heterocycles. The monoisotopic (exact) mass is 373 g/mol.